The monoisotopic (exact) mass is 400 g/mol. The van der Waals surface area contributed by atoms with Gasteiger partial charge in [-0.2, -0.15) is 10.1 Å². The topological polar surface area (TPSA) is 83.1 Å². The van der Waals surface area contributed by atoms with E-state index in [4.69, 9.17) is 9.52 Å². The summed E-state index contributed by atoms with van der Waals surface area (Å²) in [5.74, 6) is -0.212. The molecule has 1 aliphatic rings. The second-order valence-electron chi connectivity index (χ2n) is 6.37. The number of allylic oxidation sites excluding steroid dienone is 5. The molecule has 0 saturated heterocycles. The van der Waals surface area contributed by atoms with Gasteiger partial charge in [0.05, 0.1) is 22.5 Å². The zero-order chi connectivity index (χ0) is 21.7. The first-order chi connectivity index (χ1) is 14.4. The standard InChI is InChI=1S/C24H20N2O4/c1-4-6-8-19(7-5-2)26-23(27)21(16(3)25-26)15-20-13-14-22(30-20)17-9-11-18(12-10-17)24(28)29/h4-15H,1-2H2,3H3,(H,28,29)/b8-6-,19-7+,21-15-. The molecule has 1 amide bonds. The van der Waals surface area contributed by atoms with E-state index in [0.717, 1.165) is 5.56 Å². The number of carboxylic acid groups (broad SMARTS) is 1. The van der Waals surface area contributed by atoms with E-state index in [-0.39, 0.29) is 11.5 Å². The molecule has 0 aliphatic carbocycles. The summed E-state index contributed by atoms with van der Waals surface area (Å²) in [6, 6.07) is 9.88. The number of carbonyl (C=O) groups excluding carboxylic acids is 1. The smallest absolute Gasteiger partial charge is 0.335 e. The average Bonchev–Trinajstić information content (AvgIpc) is 3.31. The van der Waals surface area contributed by atoms with Gasteiger partial charge in [0, 0.05) is 5.56 Å². The Morgan fingerprint density at radius 2 is 1.87 bits per heavy atom. The van der Waals surface area contributed by atoms with Gasteiger partial charge in [-0.15, -0.1) is 0 Å². The summed E-state index contributed by atoms with van der Waals surface area (Å²) in [5.41, 5.74) is 2.48. The third kappa shape index (κ3) is 4.28. The van der Waals surface area contributed by atoms with Gasteiger partial charge in [0.25, 0.3) is 5.91 Å². The van der Waals surface area contributed by atoms with Gasteiger partial charge in [-0.05, 0) is 49.4 Å². The molecule has 0 atom stereocenters. The summed E-state index contributed by atoms with van der Waals surface area (Å²) in [6.45, 7) is 9.06. The fourth-order valence-corrected chi connectivity index (χ4v) is 2.85. The van der Waals surface area contributed by atoms with E-state index >= 15 is 0 Å². The highest BCUT2D eigenvalue weighted by atomic mass is 16.4. The number of benzene rings is 1. The summed E-state index contributed by atoms with van der Waals surface area (Å²) >= 11 is 0. The van der Waals surface area contributed by atoms with Crippen molar-refractivity contribution in [3.05, 3.63) is 103 Å². The summed E-state index contributed by atoms with van der Waals surface area (Å²) in [5, 5.41) is 14.7. The molecular formula is C24H20N2O4. The molecule has 6 nitrogen and oxygen atoms in total. The predicted octanol–water partition coefficient (Wildman–Crippen LogP) is 5.06. The summed E-state index contributed by atoms with van der Waals surface area (Å²) in [7, 11) is 0. The molecule has 0 spiro atoms. The van der Waals surface area contributed by atoms with E-state index in [2.05, 4.69) is 18.3 Å². The molecule has 30 heavy (non-hydrogen) atoms. The molecule has 1 aliphatic heterocycles. The van der Waals surface area contributed by atoms with Crippen molar-refractivity contribution in [3.63, 3.8) is 0 Å². The van der Waals surface area contributed by atoms with Crippen LogP contribution < -0.4 is 0 Å². The molecule has 0 bridgehead atoms. The number of hydrogen-bond acceptors (Lipinski definition) is 4. The van der Waals surface area contributed by atoms with Gasteiger partial charge in [-0.3, -0.25) is 4.79 Å². The van der Waals surface area contributed by atoms with Gasteiger partial charge in [-0.25, -0.2) is 4.79 Å². The van der Waals surface area contributed by atoms with Crippen LogP contribution in [0.25, 0.3) is 17.4 Å². The molecular weight excluding hydrogens is 380 g/mol. The highest BCUT2D eigenvalue weighted by Crippen LogP contribution is 2.27. The number of hydrogen-bond donors (Lipinski definition) is 1. The zero-order valence-corrected chi connectivity index (χ0v) is 16.4. The molecule has 6 heteroatoms. The van der Waals surface area contributed by atoms with Crippen LogP contribution in [0.3, 0.4) is 0 Å². The predicted molar refractivity (Wildman–Crippen MR) is 117 cm³/mol. The van der Waals surface area contributed by atoms with Crippen LogP contribution in [0.15, 0.2) is 101 Å². The highest BCUT2D eigenvalue weighted by molar-refractivity contribution is 6.27. The van der Waals surface area contributed by atoms with Gasteiger partial charge in [0.1, 0.15) is 11.5 Å². The largest absolute Gasteiger partial charge is 0.478 e. The van der Waals surface area contributed by atoms with Crippen LogP contribution in [0, 0.1) is 0 Å². The van der Waals surface area contributed by atoms with Gasteiger partial charge >= 0.3 is 5.97 Å². The summed E-state index contributed by atoms with van der Waals surface area (Å²) in [4.78, 5) is 23.9. The molecule has 0 unspecified atom stereocenters. The third-order valence-electron chi connectivity index (χ3n) is 4.33. The minimum Gasteiger partial charge on any atom is -0.478 e. The van der Waals surface area contributed by atoms with Crippen molar-refractivity contribution in [1.82, 2.24) is 5.01 Å². The fraction of sp³-hybridized carbons (Fsp3) is 0.0417. The SMILES string of the molecule is C=C/C=C\C(=C/C=C)N1N=C(C)/C(=C/c2ccc(-c3ccc(C(=O)O)cc3)o2)C1=O. The van der Waals surface area contributed by atoms with Crippen molar-refractivity contribution in [1.29, 1.82) is 0 Å². The van der Waals surface area contributed by atoms with E-state index < -0.39 is 5.97 Å². The number of amides is 1. The number of carbonyl (C=O) groups is 2. The van der Waals surface area contributed by atoms with Crippen LogP contribution in [-0.4, -0.2) is 27.7 Å². The third-order valence-corrected chi connectivity index (χ3v) is 4.33. The first-order valence-corrected chi connectivity index (χ1v) is 9.11. The Morgan fingerprint density at radius 1 is 1.13 bits per heavy atom. The Hall–Kier alpha value is -4.19. The number of aromatic carboxylic acids is 1. The van der Waals surface area contributed by atoms with E-state index in [9.17, 15) is 9.59 Å². The van der Waals surface area contributed by atoms with Gasteiger partial charge < -0.3 is 9.52 Å². The number of furan rings is 1. The Labute approximate surface area is 174 Å². The molecule has 3 rings (SSSR count). The molecule has 1 aromatic heterocycles. The van der Waals surface area contributed by atoms with E-state index in [1.54, 1.807) is 67.6 Å². The molecule has 0 radical (unpaired) electrons. The second-order valence-corrected chi connectivity index (χ2v) is 6.37. The maximum absolute atomic E-state index is 12.9. The van der Waals surface area contributed by atoms with E-state index in [1.807, 2.05) is 0 Å². The quantitative estimate of drug-likeness (QED) is 0.520. The van der Waals surface area contributed by atoms with Crippen LogP contribution in [0.4, 0.5) is 0 Å². The van der Waals surface area contributed by atoms with E-state index in [1.165, 1.54) is 17.1 Å². The van der Waals surface area contributed by atoms with Crippen LogP contribution >= 0.6 is 0 Å². The number of hydrazone groups is 1. The Balaban J connectivity index is 1.86. The number of carboxylic acids is 1. The lowest BCUT2D eigenvalue weighted by Gasteiger charge is -2.12. The van der Waals surface area contributed by atoms with Crippen molar-refractivity contribution < 1.29 is 19.1 Å². The van der Waals surface area contributed by atoms with Crippen molar-refractivity contribution in [2.75, 3.05) is 0 Å². The van der Waals surface area contributed by atoms with Crippen molar-refractivity contribution in [2.45, 2.75) is 6.92 Å². The Kier molecular flexibility index (Phi) is 6.08. The molecule has 2 heterocycles. The summed E-state index contributed by atoms with van der Waals surface area (Å²) < 4.78 is 5.83. The lowest BCUT2D eigenvalue weighted by molar-refractivity contribution is -0.123. The zero-order valence-electron chi connectivity index (χ0n) is 16.4. The molecule has 150 valence electrons. The molecule has 0 saturated carbocycles. The van der Waals surface area contributed by atoms with Crippen LogP contribution in [0.1, 0.15) is 23.0 Å². The number of rotatable bonds is 7. The number of nitrogens with zero attached hydrogens (tertiary/aromatic N) is 2. The Morgan fingerprint density at radius 3 is 2.50 bits per heavy atom. The van der Waals surface area contributed by atoms with E-state index in [0.29, 0.717) is 28.5 Å². The minimum atomic E-state index is -0.988. The van der Waals surface area contributed by atoms with Crippen LogP contribution in [0.5, 0.6) is 0 Å². The van der Waals surface area contributed by atoms with Crippen molar-refractivity contribution in [2.24, 2.45) is 5.10 Å². The first-order valence-electron chi connectivity index (χ1n) is 9.11. The fourth-order valence-electron chi connectivity index (χ4n) is 2.85. The van der Waals surface area contributed by atoms with Crippen LogP contribution in [-0.2, 0) is 4.79 Å². The average molecular weight is 400 g/mol. The molecule has 1 aromatic carbocycles. The normalized spacial score (nSPS) is 15.7. The summed E-state index contributed by atoms with van der Waals surface area (Å²) in [6.07, 6.45) is 9.94. The molecule has 1 N–H and O–H groups in total. The Bertz CT molecular complexity index is 1130. The molecule has 2 aromatic rings. The van der Waals surface area contributed by atoms with Crippen molar-refractivity contribution in [3.8, 4) is 11.3 Å². The lowest BCUT2D eigenvalue weighted by atomic mass is 10.1. The molecule has 0 fully saturated rings. The maximum atomic E-state index is 12.9. The first kappa shape index (κ1) is 20.5. The van der Waals surface area contributed by atoms with Gasteiger partial charge in [-0.1, -0.05) is 43.5 Å². The highest BCUT2D eigenvalue weighted by Gasteiger charge is 2.29. The van der Waals surface area contributed by atoms with Crippen molar-refractivity contribution >= 4 is 23.7 Å². The van der Waals surface area contributed by atoms with Gasteiger partial charge in [0.15, 0.2) is 0 Å². The van der Waals surface area contributed by atoms with Gasteiger partial charge in [0.2, 0.25) is 0 Å². The maximum Gasteiger partial charge on any atom is 0.335 e. The van der Waals surface area contributed by atoms with Crippen LogP contribution in [0.2, 0.25) is 0 Å². The second kappa shape index (κ2) is 8.87. The lowest BCUT2D eigenvalue weighted by Crippen LogP contribution is -2.20. The minimum absolute atomic E-state index is 0.199.